The number of esters is 1. The van der Waals surface area contributed by atoms with Gasteiger partial charge in [0.1, 0.15) is 11.4 Å². The van der Waals surface area contributed by atoms with Gasteiger partial charge in [0.2, 0.25) is 0 Å². The van der Waals surface area contributed by atoms with Crippen molar-refractivity contribution in [2.24, 2.45) is 5.92 Å². The third kappa shape index (κ3) is 3.65. The molecule has 0 aliphatic heterocycles. The molecule has 0 aliphatic carbocycles. The molecule has 20 heavy (non-hydrogen) atoms. The van der Waals surface area contributed by atoms with Crippen molar-refractivity contribution in [3.8, 4) is 0 Å². The number of aryl methyl sites for hydroxylation is 1. The topological polar surface area (TPSA) is 43.4 Å². The van der Waals surface area contributed by atoms with E-state index in [2.05, 4.69) is 0 Å². The van der Waals surface area contributed by atoms with Crippen LogP contribution >= 0.6 is 0 Å². The highest BCUT2D eigenvalue weighted by molar-refractivity contribution is 6.07. The van der Waals surface area contributed by atoms with Gasteiger partial charge in [0.05, 0.1) is 11.1 Å². The van der Waals surface area contributed by atoms with Gasteiger partial charge in [0.15, 0.2) is 5.78 Å². The summed E-state index contributed by atoms with van der Waals surface area (Å²) in [5.74, 6) is -2.12. The zero-order valence-corrected chi connectivity index (χ0v) is 12.8. The second-order valence-corrected chi connectivity index (χ2v) is 6.14. The summed E-state index contributed by atoms with van der Waals surface area (Å²) in [7, 11) is 0. The zero-order valence-electron chi connectivity index (χ0n) is 12.8. The van der Waals surface area contributed by atoms with E-state index >= 15 is 0 Å². The minimum absolute atomic E-state index is 0.0123. The van der Waals surface area contributed by atoms with Crippen LogP contribution in [-0.4, -0.2) is 17.4 Å². The summed E-state index contributed by atoms with van der Waals surface area (Å²) in [6.45, 7) is 10.1. The quantitative estimate of drug-likeness (QED) is 0.622. The first-order valence-electron chi connectivity index (χ1n) is 6.61. The molecule has 0 N–H and O–H groups in total. The Morgan fingerprint density at radius 3 is 2.20 bits per heavy atom. The number of Topliss-reactive ketones (excluding diaryl/α,β-unsaturated/α-hetero) is 1. The van der Waals surface area contributed by atoms with Crippen LogP contribution in [0.3, 0.4) is 0 Å². The second-order valence-electron chi connectivity index (χ2n) is 6.14. The maximum Gasteiger partial charge on any atom is 0.339 e. The molecule has 0 bridgehead atoms. The first-order valence-corrected chi connectivity index (χ1v) is 6.61. The van der Waals surface area contributed by atoms with Crippen LogP contribution in [-0.2, 0) is 4.74 Å². The standard InChI is InChI=1S/C16H21FO3/c1-9(2)14(18)12-11(8-7-10(3)13(12)17)15(19)20-16(4,5)6/h7-9H,1-6H3. The molecule has 1 aromatic carbocycles. The first-order chi connectivity index (χ1) is 9.04. The number of carbonyl (C=O) groups is 2. The maximum atomic E-state index is 14.2. The first kappa shape index (κ1) is 16.3. The molecule has 0 heterocycles. The van der Waals surface area contributed by atoms with E-state index in [0.29, 0.717) is 5.56 Å². The number of hydrogen-bond acceptors (Lipinski definition) is 3. The fourth-order valence-corrected chi connectivity index (χ4v) is 1.71. The van der Waals surface area contributed by atoms with Gasteiger partial charge >= 0.3 is 5.97 Å². The monoisotopic (exact) mass is 280 g/mol. The Kier molecular flexibility index (Phi) is 4.69. The number of carbonyl (C=O) groups excluding carboxylic acids is 2. The van der Waals surface area contributed by atoms with E-state index < -0.39 is 29.1 Å². The largest absolute Gasteiger partial charge is 0.456 e. The van der Waals surface area contributed by atoms with Gasteiger partial charge in [-0.3, -0.25) is 4.79 Å². The minimum atomic E-state index is -0.698. The fraction of sp³-hybridized carbons (Fsp3) is 0.500. The van der Waals surface area contributed by atoms with Crippen LogP contribution in [0.2, 0.25) is 0 Å². The fourth-order valence-electron chi connectivity index (χ4n) is 1.71. The van der Waals surface area contributed by atoms with Crippen LogP contribution < -0.4 is 0 Å². The second kappa shape index (κ2) is 5.73. The lowest BCUT2D eigenvalue weighted by Gasteiger charge is -2.21. The number of ether oxygens (including phenoxy) is 1. The zero-order chi connectivity index (χ0) is 15.7. The van der Waals surface area contributed by atoms with Crippen molar-refractivity contribution in [2.45, 2.75) is 47.1 Å². The molecule has 1 aromatic rings. The lowest BCUT2D eigenvalue weighted by Crippen LogP contribution is -2.26. The Morgan fingerprint density at radius 1 is 1.20 bits per heavy atom. The molecule has 110 valence electrons. The summed E-state index contributed by atoms with van der Waals surface area (Å²) in [4.78, 5) is 24.3. The van der Waals surface area contributed by atoms with Gasteiger partial charge in [-0.2, -0.15) is 0 Å². The van der Waals surface area contributed by atoms with Crippen LogP contribution in [0.5, 0.6) is 0 Å². The maximum absolute atomic E-state index is 14.2. The summed E-state index contributed by atoms with van der Waals surface area (Å²) in [5, 5.41) is 0. The van der Waals surface area contributed by atoms with Crippen molar-refractivity contribution in [3.63, 3.8) is 0 Å². The molecule has 0 saturated carbocycles. The van der Waals surface area contributed by atoms with Crippen LogP contribution in [0.4, 0.5) is 4.39 Å². The van der Waals surface area contributed by atoms with Crippen LogP contribution in [0.25, 0.3) is 0 Å². The molecule has 0 aromatic heterocycles. The van der Waals surface area contributed by atoms with Gasteiger partial charge in [0.25, 0.3) is 0 Å². The van der Waals surface area contributed by atoms with Gasteiger partial charge in [-0.1, -0.05) is 19.9 Å². The number of rotatable bonds is 3. The molecular formula is C16H21FO3. The summed E-state index contributed by atoms with van der Waals surface area (Å²) < 4.78 is 19.5. The average molecular weight is 280 g/mol. The van der Waals surface area contributed by atoms with Crippen molar-refractivity contribution >= 4 is 11.8 Å². The highest BCUT2D eigenvalue weighted by Crippen LogP contribution is 2.23. The molecule has 0 radical (unpaired) electrons. The van der Waals surface area contributed by atoms with Gasteiger partial charge < -0.3 is 4.74 Å². The average Bonchev–Trinajstić information content (AvgIpc) is 2.29. The smallest absolute Gasteiger partial charge is 0.339 e. The predicted octanol–water partition coefficient (Wildman–Crippen LogP) is 3.93. The molecule has 1 rings (SSSR count). The van der Waals surface area contributed by atoms with Crippen molar-refractivity contribution < 1.29 is 18.7 Å². The van der Waals surface area contributed by atoms with Gasteiger partial charge in [-0.05, 0) is 39.3 Å². The normalized spacial score (nSPS) is 11.6. The number of ketones is 1. The molecule has 3 nitrogen and oxygen atoms in total. The summed E-state index contributed by atoms with van der Waals surface area (Å²) >= 11 is 0. The van der Waals surface area contributed by atoms with Crippen molar-refractivity contribution in [1.82, 2.24) is 0 Å². The van der Waals surface area contributed by atoms with E-state index in [1.165, 1.54) is 12.1 Å². The van der Waals surface area contributed by atoms with Gasteiger partial charge in [-0.15, -0.1) is 0 Å². The van der Waals surface area contributed by atoms with Gasteiger partial charge in [-0.25, -0.2) is 9.18 Å². The molecule has 0 fully saturated rings. The van der Waals surface area contributed by atoms with Crippen molar-refractivity contribution in [3.05, 3.63) is 34.6 Å². The molecule has 0 unspecified atom stereocenters. The van der Waals surface area contributed by atoms with Gasteiger partial charge in [0, 0.05) is 5.92 Å². The highest BCUT2D eigenvalue weighted by atomic mass is 19.1. The lowest BCUT2D eigenvalue weighted by molar-refractivity contribution is 0.00669. The molecule has 0 saturated heterocycles. The molecule has 4 heteroatoms. The summed E-state index contributed by atoms with van der Waals surface area (Å²) in [5.41, 5.74) is -0.548. The Morgan fingerprint density at radius 2 is 1.75 bits per heavy atom. The molecular weight excluding hydrogens is 259 g/mol. The molecule has 0 spiro atoms. The number of hydrogen-bond donors (Lipinski definition) is 0. The molecule has 0 atom stereocenters. The Labute approximate surface area is 119 Å². The summed E-state index contributed by atoms with van der Waals surface area (Å²) in [6, 6.07) is 2.92. The third-order valence-electron chi connectivity index (χ3n) is 2.72. The lowest BCUT2D eigenvalue weighted by atomic mass is 9.94. The van der Waals surface area contributed by atoms with E-state index in [9.17, 15) is 14.0 Å². The van der Waals surface area contributed by atoms with E-state index in [1.807, 2.05) is 0 Å². The Bertz CT molecular complexity index is 539. The highest BCUT2D eigenvalue weighted by Gasteiger charge is 2.27. The SMILES string of the molecule is Cc1ccc(C(=O)OC(C)(C)C)c(C(=O)C(C)C)c1F. The number of benzene rings is 1. The minimum Gasteiger partial charge on any atom is -0.456 e. The molecule has 0 amide bonds. The van der Waals surface area contributed by atoms with E-state index in [1.54, 1.807) is 41.5 Å². The summed E-state index contributed by atoms with van der Waals surface area (Å²) in [6.07, 6.45) is 0. The third-order valence-corrected chi connectivity index (χ3v) is 2.72. The van der Waals surface area contributed by atoms with Crippen LogP contribution in [0.1, 0.15) is 60.9 Å². The van der Waals surface area contributed by atoms with Crippen molar-refractivity contribution in [2.75, 3.05) is 0 Å². The predicted molar refractivity (Wildman–Crippen MR) is 75.5 cm³/mol. The van der Waals surface area contributed by atoms with E-state index in [-0.39, 0.29) is 11.1 Å². The van der Waals surface area contributed by atoms with Crippen LogP contribution in [0, 0.1) is 18.7 Å². The van der Waals surface area contributed by atoms with Crippen LogP contribution in [0.15, 0.2) is 12.1 Å². The Hall–Kier alpha value is -1.71. The number of halogens is 1. The van der Waals surface area contributed by atoms with E-state index in [4.69, 9.17) is 4.74 Å². The molecule has 0 aliphatic rings. The van der Waals surface area contributed by atoms with Crippen molar-refractivity contribution in [1.29, 1.82) is 0 Å². The van der Waals surface area contributed by atoms with E-state index in [0.717, 1.165) is 0 Å². The Balaban J connectivity index is 3.37.